The van der Waals surface area contributed by atoms with Crippen LogP contribution in [-0.4, -0.2) is 55.1 Å². The smallest absolute Gasteiger partial charge is 0.219 e. The van der Waals surface area contributed by atoms with Crippen LogP contribution in [0.15, 0.2) is 11.4 Å². The molecule has 4 nitrogen and oxygen atoms in total. The predicted molar refractivity (Wildman–Crippen MR) is 105 cm³/mol. The van der Waals surface area contributed by atoms with Gasteiger partial charge in [0.25, 0.3) is 0 Å². The minimum atomic E-state index is 0.228. The van der Waals surface area contributed by atoms with Crippen molar-refractivity contribution in [3.05, 3.63) is 21.9 Å². The molecule has 1 aromatic rings. The lowest BCUT2D eigenvalue weighted by Gasteiger charge is -2.42. The third kappa shape index (κ3) is 4.00. The predicted octanol–water partition coefficient (Wildman–Crippen LogP) is 3.54. The van der Waals surface area contributed by atoms with Crippen LogP contribution in [0, 0.1) is 24.2 Å². The van der Waals surface area contributed by atoms with Crippen LogP contribution in [0.25, 0.3) is 0 Å². The van der Waals surface area contributed by atoms with E-state index in [1.807, 2.05) is 11.3 Å². The van der Waals surface area contributed by atoms with E-state index in [1.165, 1.54) is 36.1 Å². The maximum atomic E-state index is 12.0. The average molecular weight is 377 g/mol. The summed E-state index contributed by atoms with van der Waals surface area (Å²) in [5.74, 6) is 1.55. The molecule has 3 fully saturated rings. The molecule has 1 saturated carbocycles. The maximum absolute atomic E-state index is 12.0. The van der Waals surface area contributed by atoms with Gasteiger partial charge < -0.3 is 9.64 Å². The number of carbonyl (C=O) groups excluding carboxylic acids is 1. The zero-order chi connectivity index (χ0) is 18.1. The fourth-order valence-electron chi connectivity index (χ4n) is 4.66. The molecule has 2 saturated heterocycles. The first-order valence-electron chi connectivity index (χ1n) is 10.1. The second-order valence-corrected chi connectivity index (χ2v) is 9.74. The van der Waals surface area contributed by atoms with Crippen molar-refractivity contribution in [2.24, 2.45) is 17.3 Å². The lowest BCUT2D eigenvalue weighted by Crippen LogP contribution is -2.45. The van der Waals surface area contributed by atoms with Gasteiger partial charge in [0.1, 0.15) is 0 Å². The van der Waals surface area contributed by atoms with Crippen molar-refractivity contribution in [2.45, 2.75) is 46.1 Å². The maximum Gasteiger partial charge on any atom is 0.219 e. The first-order valence-corrected chi connectivity index (χ1v) is 11.0. The molecule has 0 unspecified atom stereocenters. The number of ether oxygens (including phenoxy) is 1. The van der Waals surface area contributed by atoms with Crippen LogP contribution >= 0.6 is 11.3 Å². The normalized spacial score (nSPS) is 25.9. The van der Waals surface area contributed by atoms with Gasteiger partial charge in [-0.3, -0.25) is 9.69 Å². The van der Waals surface area contributed by atoms with Crippen molar-refractivity contribution in [3.8, 4) is 0 Å². The summed E-state index contributed by atoms with van der Waals surface area (Å²) in [5, 5.41) is 2.20. The van der Waals surface area contributed by atoms with E-state index in [1.54, 1.807) is 6.92 Å². The molecule has 1 spiro atoms. The molecule has 3 aliphatic rings. The fraction of sp³-hybridized carbons (Fsp3) is 0.762. The van der Waals surface area contributed by atoms with E-state index in [2.05, 4.69) is 28.2 Å². The highest BCUT2D eigenvalue weighted by Crippen LogP contribution is 2.45. The van der Waals surface area contributed by atoms with Crippen LogP contribution in [0.2, 0.25) is 0 Å². The minimum absolute atomic E-state index is 0.228. The van der Waals surface area contributed by atoms with E-state index < -0.39 is 0 Å². The van der Waals surface area contributed by atoms with Crippen molar-refractivity contribution in [3.63, 3.8) is 0 Å². The number of piperidine rings is 1. The average Bonchev–Trinajstić information content (AvgIpc) is 3.26. The van der Waals surface area contributed by atoms with E-state index in [4.69, 9.17) is 4.74 Å². The Morgan fingerprint density at radius 1 is 1.31 bits per heavy atom. The highest BCUT2D eigenvalue weighted by atomic mass is 32.1. The summed E-state index contributed by atoms with van der Waals surface area (Å²) >= 11 is 1.88. The topological polar surface area (TPSA) is 32.8 Å². The molecule has 26 heavy (non-hydrogen) atoms. The Morgan fingerprint density at radius 2 is 2.08 bits per heavy atom. The molecule has 5 heteroatoms. The molecule has 4 rings (SSSR count). The molecule has 1 aromatic heterocycles. The van der Waals surface area contributed by atoms with E-state index >= 15 is 0 Å². The Bertz CT molecular complexity index is 632. The zero-order valence-corrected chi connectivity index (χ0v) is 17.0. The number of hydrogen-bond acceptors (Lipinski definition) is 4. The monoisotopic (exact) mass is 376 g/mol. The van der Waals surface area contributed by atoms with Crippen molar-refractivity contribution in [1.82, 2.24) is 9.80 Å². The van der Waals surface area contributed by atoms with Crippen LogP contribution in [0.1, 0.15) is 43.0 Å². The summed E-state index contributed by atoms with van der Waals surface area (Å²) in [6, 6.07) is 2.22. The van der Waals surface area contributed by atoms with Crippen molar-refractivity contribution in [2.75, 3.05) is 39.4 Å². The van der Waals surface area contributed by atoms with E-state index in [9.17, 15) is 4.79 Å². The van der Waals surface area contributed by atoms with Gasteiger partial charge in [0.15, 0.2) is 0 Å². The highest BCUT2D eigenvalue weighted by Gasteiger charge is 2.48. The number of thiophene rings is 1. The third-order valence-electron chi connectivity index (χ3n) is 6.81. The van der Waals surface area contributed by atoms with Gasteiger partial charge in [-0.15, -0.1) is 11.3 Å². The third-order valence-corrected chi connectivity index (χ3v) is 7.82. The van der Waals surface area contributed by atoms with Crippen LogP contribution in [0.4, 0.5) is 0 Å². The SMILES string of the molecule is CC(=O)N1C[C@H](COCC2CC2)C2(CCN(Cc3sccc3C)CC2)C1. The fourth-order valence-corrected chi connectivity index (χ4v) is 5.60. The van der Waals surface area contributed by atoms with Gasteiger partial charge in [0, 0.05) is 44.0 Å². The van der Waals surface area contributed by atoms with Gasteiger partial charge in [-0.25, -0.2) is 0 Å². The number of carbonyl (C=O) groups is 1. The standard InChI is InChI=1S/C21H32N2O2S/c1-16-5-10-26-20(16)12-22-8-6-21(7-9-22)15-23(17(2)24)11-19(21)14-25-13-18-3-4-18/h5,10,18-19H,3-4,6-9,11-15H2,1-2H3/t19-/m1/s1. The molecular formula is C21H32N2O2S. The number of likely N-dealkylation sites (tertiary alicyclic amines) is 2. The van der Waals surface area contributed by atoms with Crippen LogP contribution in [0.5, 0.6) is 0 Å². The summed E-state index contributed by atoms with van der Waals surface area (Å²) in [6.07, 6.45) is 5.07. The Hall–Kier alpha value is -0.910. The van der Waals surface area contributed by atoms with Crippen LogP contribution in [-0.2, 0) is 16.1 Å². The lowest BCUT2D eigenvalue weighted by atomic mass is 9.71. The first kappa shape index (κ1) is 18.5. The van der Waals surface area contributed by atoms with Crippen molar-refractivity contribution < 1.29 is 9.53 Å². The van der Waals surface area contributed by atoms with Crippen molar-refractivity contribution in [1.29, 1.82) is 0 Å². The van der Waals surface area contributed by atoms with Gasteiger partial charge in [-0.05, 0) is 74.0 Å². The Kier molecular flexibility index (Phi) is 5.40. The summed E-state index contributed by atoms with van der Waals surface area (Å²) in [5.41, 5.74) is 1.70. The van der Waals surface area contributed by atoms with Crippen LogP contribution in [0.3, 0.4) is 0 Å². The largest absolute Gasteiger partial charge is 0.381 e. The van der Waals surface area contributed by atoms with Gasteiger partial charge >= 0.3 is 0 Å². The summed E-state index contributed by atoms with van der Waals surface area (Å²) in [7, 11) is 0. The molecule has 1 aliphatic carbocycles. The quantitative estimate of drug-likeness (QED) is 0.761. The number of hydrogen-bond donors (Lipinski definition) is 0. The Balaban J connectivity index is 1.36. The molecule has 0 bridgehead atoms. The van der Waals surface area contributed by atoms with Gasteiger partial charge in [0.2, 0.25) is 5.91 Å². The van der Waals surface area contributed by atoms with E-state index in [0.717, 1.165) is 51.9 Å². The molecule has 2 aliphatic heterocycles. The Labute approximate surface area is 161 Å². The van der Waals surface area contributed by atoms with Crippen molar-refractivity contribution >= 4 is 17.2 Å². The second-order valence-electron chi connectivity index (χ2n) is 8.74. The molecule has 1 amide bonds. The molecule has 3 heterocycles. The molecule has 1 atom stereocenters. The van der Waals surface area contributed by atoms with E-state index in [0.29, 0.717) is 5.92 Å². The zero-order valence-electron chi connectivity index (χ0n) is 16.2. The second kappa shape index (κ2) is 7.61. The molecule has 0 aromatic carbocycles. The van der Waals surface area contributed by atoms with Crippen LogP contribution < -0.4 is 0 Å². The Morgan fingerprint density at radius 3 is 2.69 bits per heavy atom. The highest BCUT2D eigenvalue weighted by molar-refractivity contribution is 7.10. The van der Waals surface area contributed by atoms with E-state index in [-0.39, 0.29) is 11.3 Å². The summed E-state index contributed by atoms with van der Waals surface area (Å²) < 4.78 is 6.08. The molecular weight excluding hydrogens is 344 g/mol. The number of nitrogens with zero attached hydrogens (tertiary/aromatic N) is 2. The molecule has 144 valence electrons. The minimum Gasteiger partial charge on any atom is -0.381 e. The first-order chi connectivity index (χ1) is 12.6. The lowest BCUT2D eigenvalue weighted by molar-refractivity contribution is -0.128. The van der Waals surface area contributed by atoms with Gasteiger partial charge in [-0.2, -0.15) is 0 Å². The summed E-state index contributed by atoms with van der Waals surface area (Å²) in [6.45, 7) is 10.9. The van der Waals surface area contributed by atoms with Gasteiger partial charge in [-0.1, -0.05) is 0 Å². The molecule has 0 radical (unpaired) electrons. The number of aryl methyl sites for hydroxylation is 1. The number of amides is 1. The molecule has 0 N–H and O–H groups in total. The summed E-state index contributed by atoms with van der Waals surface area (Å²) in [4.78, 5) is 18.2. The number of rotatable bonds is 6. The van der Waals surface area contributed by atoms with Gasteiger partial charge in [0.05, 0.1) is 6.61 Å².